The molecule has 1 rings (SSSR count). The average Bonchev–Trinajstić information content (AvgIpc) is 2.64. The summed E-state index contributed by atoms with van der Waals surface area (Å²) in [5, 5.41) is 24.3. The van der Waals surface area contributed by atoms with Gasteiger partial charge in [0.2, 0.25) is 5.82 Å². The highest BCUT2D eigenvalue weighted by Gasteiger charge is 2.29. The molecular weight excluding hydrogens is 224 g/mol. The van der Waals surface area contributed by atoms with Gasteiger partial charge in [0.15, 0.2) is 0 Å². The maximum Gasteiger partial charge on any atom is 0.334 e. The second kappa shape index (κ2) is 5.13. The first-order valence-corrected chi connectivity index (χ1v) is 5.47. The van der Waals surface area contributed by atoms with Crippen LogP contribution in [0.3, 0.4) is 0 Å². The minimum atomic E-state index is -0.415. The van der Waals surface area contributed by atoms with Crippen LogP contribution in [-0.4, -0.2) is 39.5 Å². The lowest BCUT2D eigenvalue weighted by Gasteiger charge is -2.24. The van der Waals surface area contributed by atoms with E-state index in [0.29, 0.717) is 17.9 Å². The summed E-state index contributed by atoms with van der Waals surface area (Å²) in [6.45, 7) is 3.55. The zero-order valence-corrected chi connectivity index (χ0v) is 10.5. The molecule has 1 heterocycles. The Morgan fingerprint density at radius 3 is 2.65 bits per heavy atom. The van der Waals surface area contributed by atoms with Crippen molar-refractivity contribution in [3.63, 3.8) is 0 Å². The summed E-state index contributed by atoms with van der Waals surface area (Å²) in [7, 11) is 3.38. The monoisotopic (exact) mass is 242 g/mol. The largest absolute Gasteiger partial charge is 0.394 e. The minimum Gasteiger partial charge on any atom is -0.394 e. The van der Waals surface area contributed by atoms with Gasteiger partial charge in [-0.05, 0) is 13.3 Å². The first-order valence-electron chi connectivity index (χ1n) is 5.47. The number of hydrogen-bond acceptors (Lipinski definition) is 5. The number of nitro groups is 1. The van der Waals surface area contributed by atoms with Crippen LogP contribution in [0.4, 0.5) is 11.5 Å². The molecule has 1 atom stereocenters. The molecule has 0 radical (unpaired) electrons. The van der Waals surface area contributed by atoms with Crippen LogP contribution in [0.1, 0.15) is 19.5 Å². The van der Waals surface area contributed by atoms with Gasteiger partial charge < -0.3 is 10.0 Å². The van der Waals surface area contributed by atoms with Crippen molar-refractivity contribution in [3.8, 4) is 0 Å². The van der Waals surface area contributed by atoms with E-state index in [1.807, 2.05) is 6.92 Å². The van der Waals surface area contributed by atoms with Crippen LogP contribution in [0, 0.1) is 10.1 Å². The molecule has 17 heavy (non-hydrogen) atoms. The molecular formula is C10H18N4O3. The molecule has 96 valence electrons. The van der Waals surface area contributed by atoms with Gasteiger partial charge in [-0.2, -0.15) is 5.10 Å². The maximum absolute atomic E-state index is 11.1. The Bertz CT molecular complexity index is 416. The third-order valence-electron chi connectivity index (χ3n) is 2.84. The van der Waals surface area contributed by atoms with Crippen molar-refractivity contribution in [2.24, 2.45) is 7.05 Å². The van der Waals surface area contributed by atoms with Crippen LogP contribution >= 0.6 is 0 Å². The van der Waals surface area contributed by atoms with Crippen molar-refractivity contribution < 1.29 is 10.0 Å². The standard InChI is InChI=1S/C10H18N4O3/c1-5-8-9(14(16)17)10(13(4)11-8)12(3)7(2)6-15/h7,15H,5-6H2,1-4H3. The van der Waals surface area contributed by atoms with Crippen molar-refractivity contribution in [2.75, 3.05) is 18.6 Å². The molecule has 1 N–H and O–H groups in total. The van der Waals surface area contributed by atoms with Crippen molar-refractivity contribution in [1.82, 2.24) is 9.78 Å². The molecule has 0 amide bonds. The van der Waals surface area contributed by atoms with E-state index in [4.69, 9.17) is 5.11 Å². The van der Waals surface area contributed by atoms with Gasteiger partial charge in [0.05, 0.1) is 17.6 Å². The van der Waals surface area contributed by atoms with E-state index in [0.717, 1.165) is 0 Å². The SMILES string of the molecule is CCc1nn(C)c(N(C)C(C)CO)c1[N+](=O)[O-]. The molecule has 7 nitrogen and oxygen atoms in total. The number of aromatic nitrogens is 2. The van der Waals surface area contributed by atoms with Crippen molar-refractivity contribution in [3.05, 3.63) is 15.8 Å². The number of rotatable bonds is 5. The normalized spacial score (nSPS) is 12.5. The van der Waals surface area contributed by atoms with Crippen molar-refractivity contribution >= 4 is 11.5 Å². The van der Waals surface area contributed by atoms with Gasteiger partial charge in [0.25, 0.3) is 0 Å². The summed E-state index contributed by atoms with van der Waals surface area (Å²) in [5.41, 5.74) is 0.488. The van der Waals surface area contributed by atoms with E-state index < -0.39 is 4.92 Å². The summed E-state index contributed by atoms with van der Waals surface area (Å²) < 4.78 is 1.49. The molecule has 0 aliphatic heterocycles. The Morgan fingerprint density at radius 1 is 1.65 bits per heavy atom. The van der Waals surface area contributed by atoms with Gasteiger partial charge in [-0.1, -0.05) is 6.92 Å². The predicted octanol–water partition coefficient (Wildman–Crippen LogP) is 0.708. The number of hydrogen-bond donors (Lipinski definition) is 1. The highest BCUT2D eigenvalue weighted by atomic mass is 16.6. The molecule has 0 aliphatic rings. The minimum absolute atomic E-state index is 0.0257. The van der Waals surface area contributed by atoms with Crippen LogP contribution in [0.5, 0.6) is 0 Å². The van der Waals surface area contributed by atoms with Gasteiger partial charge in [0, 0.05) is 14.1 Å². The number of nitrogens with zero attached hydrogens (tertiary/aromatic N) is 4. The zero-order valence-electron chi connectivity index (χ0n) is 10.5. The van der Waals surface area contributed by atoms with E-state index in [9.17, 15) is 10.1 Å². The average molecular weight is 242 g/mol. The van der Waals surface area contributed by atoms with Gasteiger partial charge in [0.1, 0.15) is 5.69 Å². The van der Waals surface area contributed by atoms with Gasteiger partial charge in [-0.25, -0.2) is 4.68 Å². The fraction of sp³-hybridized carbons (Fsp3) is 0.700. The number of aliphatic hydroxyl groups excluding tert-OH is 1. The highest BCUT2D eigenvalue weighted by molar-refractivity contribution is 5.61. The molecule has 0 aliphatic carbocycles. The lowest BCUT2D eigenvalue weighted by Crippen LogP contribution is -2.33. The molecule has 0 saturated carbocycles. The number of aryl methyl sites for hydroxylation is 2. The highest BCUT2D eigenvalue weighted by Crippen LogP contribution is 2.31. The molecule has 0 spiro atoms. The van der Waals surface area contributed by atoms with Gasteiger partial charge in [-0.3, -0.25) is 10.1 Å². The number of anilines is 1. The molecule has 1 aromatic heterocycles. The topological polar surface area (TPSA) is 84.4 Å². The van der Waals surface area contributed by atoms with E-state index >= 15 is 0 Å². The van der Waals surface area contributed by atoms with Gasteiger partial charge in [-0.15, -0.1) is 0 Å². The lowest BCUT2D eigenvalue weighted by atomic mass is 10.2. The Labute approximate surface area is 99.8 Å². The molecule has 0 bridgehead atoms. The van der Waals surface area contributed by atoms with E-state index in [2.05, 4.69) is 5.10 Å². The molecule has 1 aromatic rings. The predicted molar refractivity (Wildman–Crippen MR) is 64.2 cm³/mol. The van der Waals surface area contributed by atoms with Crippen LogP contribution in [-0.2, 0) is 13.5 Å². The Hall–Kier alpha value is -1.63. The fourth-order valence-corrected chi connectivity index (χ4v) is 1.71. The van der Waals surface area contributed by atoms with Gasteiger partial charge >= 0.3 is 5.69 Å². The summed E-state index contributed by atoms with van der Waals surface area (Å²) in [5.74, 6) is 0.424. The summed E-state index contributed by atoms with van der Waals surface area (Å²) in [6.07, 6.45) is 0.505. The fourth-order valence-electron chi connectivity index (χ4n) is 1.71. The van der Waals surface area contributed by atoms with Crippen LogP contribution in [0.2, 0.25) is 0 Å². The summed E-state index contributed by atoms with van der Waals surface area (Å²) in [6, 6.07) is -0.200. The molecule has 0 saturated heterocycles. The summed E-state index contributed by atoms with van der Waals surface area (Å²) in [4.78, 5) is 12.3. The van der Waals surface area contributed by atoms with E-state index in [1.54, 1.807) is 25.9 Å². The Morgan fingerprint density at radius 2 is 2.24 bits per heavy atom. The second-order valence-electron chi connectivity index (χ2n) is 4.00. The Balaban J connectivity index is 3.31. The second-order valence-corrected chi connectivity index (χ2v) is 4.00. The van der Waals surface area contributed by atoms with Crippen LogP contribution in [0.25, 0.3) is 0 Å². The third-order valence-corrected chi connectivity index (χ3v) is 2.84. The molecule has 7 heteroatoms. The third kappa shape index (κ3) is 2.38. The van der Waals surface area contributed by atoms with E-state index in [-0.39, 0.29) is 18.3 Å². The smallest absolute Gasteiger partial charge is 0.334 e. The molecule has 0 aromatic carbocycles. The lowest BCUT2D eigenvalue weighted by molar-refractivity contribution is -0.384. The zero-order chi connectivity index (χ0) is 13.2. The number of aliphatic hydroxyl groups is 1. The van der Waals surface area contributed by atoms with Crippen LogP contribution in [0.15, 0.2) is 0 Å². The quantitative estimate of drug-likeness (QED) is 0.607. The van der Waals surface area contributed by atoms with Crippen LogP contribution < -0.4 is 4.90 Å². The molecule has 1 unspecified atom stereocenters. The first kappa shape index (κ1) is 13.4. The number of likely N-dealkylation sites (N-methyl/N-ethyl adjacent to an activating group) is 1. The molecule has 0 fully saturated rings. The summed E-state index contributed by atoms with van der Waals surface area (Å²) >= 11 is 0. The van der Waals surface area contributed by atoms with Crippen molar-refractivity contribution in [1.29, 1.82) is 0 Å². The Kier molecular flexibility index (Phi) is 4.06. The van der Waals surface area contributed by atoms with E-state index in [1.165, 1.54) is 4.68 Å². The maximum atomic E-state index is 11.1. The van der Waals surface area contributed by atoms with Crippen molar-refractivity contribution in [2.45, 2.75) is 26.3 Å². The first-order chi connectivity index (χ1) is 7.93.